The number of nitrogens with zero attached hydrogens (tertiary/aromatic N) is 2. The van der Waals surface area contributed by atoms with Crippen LogP contribution in [0.5, 0.6) is 5.75 Å². The first-order valence-corrected chi connectivity index (χ1v) is 6.09. The highest BCUT2D eigenvalue weighted by Crippen LogP contribution is 2.26. The van der Waals surface area contributed by atoms with E-state index in [4.69, 9.17) is 0 Å². The average Bonchev–Trinajstić information content (AvgIpc) is 2.41. The van der Waals surface area contributed by atoms with Crippen molar-refractivity contribution in [3.63, 3.8) is 0 Å². The fourth-order valence-corrected chi connectivity index (χ4v) is 1.84. The van der Waals surface area contributed by atoms with Crippen LogP contribution < -0.4 is 28.5 Å². The summed E-state index contributed by atoms with van der Waals surface area (Å²) < 4.78 is 1.96. The van der Waals surface area contributed by atoms with Crippen molar-refractivity contribution in [3.8, 4) is 5.75 Å². The lowest BCUT2D eigenvalue weighted by molar-refractivity contribution is -0.673. The van der Waals surface area contributed by atoms with Crippen molar-refractivity contribution in [1.29, 1.82) is 0 Å². The van der Waals surface area contributed by atoms with Gasteiger partial charge in [-0.1, -0.05) is 6.07 Å². The van der Waals surface area contributed by atoms with E-state index in [9.17, 15) is 15.2 Å². The first kappa shape index (κ1) is 17.1. The zero-order valence-corrected chi connectivity index (χ0v) is 13.8. The quantitative estimate of drug-likeness (QED) is 0.332. The standard InChI is InChI=1S/C15H14N2O3.HI/c1-11-7-8-16(2)13(9-11)5-3-12-4-6-15(18)14(10-12)17(19)20;/h3-10H,1-2H3;1H. The van der Waals surface area contributed by atoms with Gasteiger partial charge in [0, 0.05) is 24.3 Å². The third kappa shape index (κ3) is 4.25. The van der Waals surface area contributed by atoms with Gasteiger partial charge in [0.1, 0.15) is 7.05 Å². The van der Waals surface area contributed by atoms with Crippen LogP contribution in [0.15, 0.2) is 36.5 Å². The van der Waals surface area contributed by atoms with Crippen molar-refractivity contribution in [3.05, 3.63) is 63.5 Å². The molecule has 1 N–H and O–H groups in total. The number of hydrogen-bond donors (Lipinski definition) is 1. The molecule has 21 heavy (non-hydrogen) atoms. The third-order valence-electron chi connectivity index (χ3n) is 2.99. The molecule has 2 rings (SSSR count). The topological polar surface area (TPSA) is 67.2 Å². The Morgan fingerprint density at radius 1 is 1.24 bits per heavy atom. The zero-order valence-electron chi connectivity index (χ0n) is 11.7. The maximum atomic E-state index is 10.8. The number of benzene rings is 1. The van der Waals surface area contributed by atoms with E-state index in [0.29, 0.717) is 5.56 Å². The highest BCUT2D eigenvalue weighted by Gasteiger charge is 2.12. The zero-order chi connectivity index (χ0) is 14.7. The molecule has 1 heterocycles. The normalized spacial score (nSPS) is 10.4. The molecular weight excluding hydrogens is 383 g/mol. The van der Waals surface area contributed by atoms with Crippen LogP contribution in [-0.4, -0.2) is 10.0 Å². The summed E-state index contributed by atoms with van der Waals surface area (Å²) in [5.74, 6) is -0.326. The predicted molar refractivity (Wildman–Crippen MR) is 76.0 cm³/mol. The molecule has 0 radical (unpaired) electrons. The van der Waals surface area contributed by atoms with E-state index in [0.717, 1.165) is 11.3 Å². The van der Waals surface area contributed by atoms with Gasteiger partial charge in [0.15, 0.2) is 11.9 Å². The summed E-state index contributed by atoms with van der Waals surface area (Å²) in [7, 11) is 1.93. The van der Waals surface area contributed by atoms with Gasteiger partial charge in [-0.25, -0.2) is 4.57 Å². The number of phenolic OH excluding ortho intramolecular Hbond substituents is 1. The van der Waals surface area contributed by atoms with Crippen LogP contribution in [0.1, 0.15) is 16.8 Å². The summed E-state index contributed by atoms with van der Waals surface area (Å²) in [6, 6.07) is 8.33. The van der Waals surface area contributed by atoms with E-state index in [1.807, 2.05) is 42.9 Å². The molecule has 0 atom stereocenters. The van der Waals surface area contributed by atoms with Gasteiger partial charge < -0.3 is 29.1 Å². The Morgan fingerprint density at radius 3 is 2.62 bits per heavy atom. The fourth-order valence-electron chi connectivity index (χ4n) is 1.84. The highest BCUT2D eigenvalue weighted by molar-refractivity contribution is 5.69. The van der Waals surface area contributed by atoms with Gasteiger partial charge >= 0.3 is 5.69 Å². The van der Waals surface area contributed by atoms with Crippen LogP contribution in [0.3, 0.4) is 0 Å². The molecule has 6 heteroatoms. The van der Waals surface area contributed by atoms with Gasteiger partial charge in [0.05, 0.1) is 4.92 Å². The average molecular weight is 398 g/mol. The lowest BCUT2D eigenvalue weighted by Crippen LogP contribution is -3.00. The van der Waals surface area contributed by atoms with Crippen LogP contribution >= 0.6 is 0 Å². The summed E-state index contributed by atoms with van der Waals surface area (Å²) >= 11 is 0. The van der Waals surface area contributed by atoms with E-state index in [1.165, 1.54) is 12.1 Å². The first-order valence-electron chi connectivity index (χ1n) is 6.09. The minimum Gasteiger partial charge on any atom is -1.00 e. The lowest BCUT2D eigenvalue weighted by atomic mass is 10.1. The number of nitro benzene ring substituents is 1. The molecule has 0 amide bonds. The van der Waals surface area contributed by atoms with E-state index < -0.39 is 4.92 Å². The van der Waals surface area contributed by atoms with E-state index in [2.05, 4.69) is 0 Å². The minimum atomic E-state index is -0.598. The molecule has 0 aliphatic carbocycles. The minimum absolute atomic E-state index is 0. The molecule has 5 nitrogen and oxygen atoms in total. The van der Waals surface area contributed by atoms with Crippen molar-refractivity contribution >= 4 is 17.8 Å². The molecule has 2 aromatic rings. The Balaban J connectivity index is 0.00000220. The van der Waals surface area contributed by atoms with E-state index in [1.54, 1.807) is 12.1 Å². The molecule has 1 aromatic heterocycles. The maximum Gasteiger partial charge on any atom is 0.311 e. The van der Waals surface area contributed by atoms with Gasteiger partial charge in [0.2, 0.25) is 5.69 Å². The van der Waals surface area contributed by atoms with Crippen molar-refractivity contribution in [1.82, 2.24) is 0 Å². The summed E-state index contributed by atoms with van der Waals surface area (Å²) in [5, 5.41) is 20.2. The van der Waals surface area contributed by atoms with Gasteiger partial charge in [-0.05, 0) is 30.2 Å². The van der Waals surface area contributed by atoms with Gasteiger partial charge in [-0.2, -0.15) is 0 Å². The van der Waals surface area contributed by atoms with Crippen LogP contribution in [0.4, 0.5) is 5.69 Å². The van der Waals surface area contributed by atoms with Crippen LogP contribution in [0, 0.1) is 17.0 Å². The second-order valence-electron chi connectivity index (χ2n) is 4.58. The first-order chi connectivity index (χ1) is 9.47. The predicted octanol–water partition coefficient (Wildman–Crippen LogP) is -0.392. The summed E-state index contributed by atoms with van der Waals surface area (Å²) in [4.78, 5) is 10.2. The second kappa shape index (κ2) is 7.16. The number of aromatic nitrogens is 1. The van der Waals surface area contributed by atoms with Crippen LogP contribution in [0.25, 0.3) is 12.2 Å². The summed E-state index contributed by atoms with van der Waals surface area (Å²) in [6.07, 6.45) is 5.61. The molecule has 1 aromatic carbocycles. The number of aryl methyl sites for hydroxylation is 2. The highest BCUT2D eigenvalue weighted by atomic mass is 127. The molecule has 0 saturated heterocycles. The van der Waals surface area contributed by atoms with Crippen molar-refractivity contribution in [2.24, 2.45) is 7.05 Å². The smallest absolute Gasteiger partial charge is 0.311 e. The van der Waals surface area contributed by atoms with E-state index >= 15 is 0 Å². The van der Waals surface area contributed by atoms with Gasteiger partial charge in [0.25, 0.3) is 0 Å². The van der Waals surface area contributed by atoms with Crippen LogP contribution in [0.2, 0.25) is 0 Å². The van der Waals surface area contributed by atoms with Gasteiger partial charge in [-0.15, -0.1) is 0 Å². The van der Waals surface area contributed by atoms with Gasteiger partial charge in [-0.3, -0.25) is 10.1 Å². The van der Waals surface area contributed by atoms with Crippen LogP contribution in [-0.2, 0) is 7.05 Å². The number of rotatable bonds is 3. The molecule has 110 valence electrons. The maximum absolute atomic E-state index is 10.8. The SMILES string of the molecule is Cc1cc[n+](C)c(/C=C/c2ccc(O)c([N+](=O)[O-])c2)c1.[I-]. The Kier molecular flexibility index (Phi) is 5.83. The molecule has 0 saturated carbocycles. The summed E-state index contributed by atoms with van der Waals surface area (Å²) in [5.41, 5.74) is 2.50. The molecule has 0 unspecified atom stereocenters. The Labute approximate surface area is 139 Å². The Bertz CT molecular complexity index is 699. The van der Waals surface area contributed by atoms with E-state index in [-0.39, 0.29) is 35.4 Å². The number of aromatic hydroxyl groups is 1. The second-order valence-corrected chi connectivity index (χ2v) is 4.58. The number of hydrogen-bond acceptors (Lipinski definition) is 3. The number of phenols is 1. The molecule has 0 bridgehead atoms. The number of halogens is 1. The van der Waals surface area contributed by atoms with Crippen molar-refractivity contribution < 1.29 is 38.6 Å². The molecular formula is C15H15IN2O3. The third-order valence-corrected chi connectivity index (χ3v) is 2.99. The Hall–Kier alpha value is -1.96. The monoisotopic (exact) mass is 398 g/mol. The number of pyridine rings is 1. The number of nitro groups is 1. The molecule has 0 spiro atoms. The summed E-state index contributed by atoms with van der Waals surface area (Å²) in [6.45, 7) is 2.00. The fraction of sp³-hybridized carbons (Fsp3) is 0.133. The Morgan fingerprint density at radius 2 is 1.95 bits per heavy atom. The van der Waals surface area contributed by atoms with Crippen molar-refractivity contribution in [2.75, 3.05) is 0 Å². The van der Waals surface area contributed by atoms with Crippen molar-refractivity contribution in [2.45, 2.75) is 6.92 Å². The molecule has 0 aliphatic heterocycles. The lowest BCUT2D eigenvalue weighted by Gasteiger charge is -1.98. The molecule has 0 aliphatic rings. The molecule has 0 fully saturated rings. The largest absolute Gasteiger partial charge is 1.00 e.